The number of nitrogens with zero attached hydrogens (tertiary/aromatic N) is 1. The molecule has 1 spiro atoms. The second-order valence-corrected chi connectivity index (χ2v) is 21.8. The number of carbonyl (C=O) groups is 9. The van der Waals surface area contributed by atoms with Crippen LogP contribution in [0.1, 0.15) is 125 Å². The molecule has 0 aliphatic carbocycles. The van der Waals surface area contributed by atoms with Crippen molar-refractivity contribution in [3.8, 4) is 0 Å². The monoisotopic (exact) mass is 1190 g/mol. The first-order valence-electron chi connectivity index (χ1n) is 27.5. The highest BCUT2D eigenvalue weighted by Gasteiger charge is 2.51. The topological polar surface area (TPSA) is 317 Å². The number of carbonyl (C=O) groups excluding carboxylic acids is 9. The molecule has 3 fully saturated rings. The number of epoxide rings is 1. The third-order valence-electron chi connectivity index (χ3n) is 13.8. The number of rotatable bonds is 29. The lowest BCUT2D eigenvalue weighted by molar-refractivity contribution is -0.143. The number of allylic oxidation sites excluding steroid dienone is 2. The molecule has 1 aromatic rings. The Morgan fingerprint density at radius 2 is 1.60 bits per heavy atom. The molecule has 0 radical (unpaired) electrons. The minimum absolute atomic E-state index is 0.0128. The van der Waals surface area contributed by atoms with Crippen LogP contribution in [-0.2, 0) is 63.9 Å². The zero-order chi connectivity index (χ0) is 58.9. The lowest BCUT2D eigenvalue weighted by Crippen LogP contribution is -2.54. The molecule has 3 aliphatic rings. The van der Waals surface area contributed by atoms with Crippen LogP contribution in [0.4, 0.5) is 15.3 Å². The van der Waals surface area contributed by atoms with E-state index in [4.69, 9.17) is 29.4 Å². The molecule has 1 aromatic carbocycles. The number of nitrogens with one attached hydrogen (secondary N) is 7. The molecule has 0 saturated carbocycles. The van der Waals surface area contributed by atoms with Crippen LogP contribution in [0.25, 0.3) is 0 Å². The average molecular weight is 1190 g/mol. The van der Waals surface area contributed by atoms with Crippen LogP contribution in [0, 0.1) is 11.8 Å². The second kappa shape index (κ2) is 33.4. The maximum atomic E-state index is 13.6. The number of nitrogens with two attached hydrogens (primary N) is 1. The third kappa shape index (κ3) is 24.6. The van der Waals surface area contributed by atoms with E-state index in [1.165, 1.54) is 26.1 Å². The van der Waals surface area contributed by atoms with Gasteiger partial charge >= 0.3 is 18.1 Å². The lowest BCUT2D eigenvalue weighted by Gasteiger charge is -2.39. The van der Waals surface area contributed by atoms with Crippen molar-refractivity contribution in [1.29, 1.82) is 0 Å². The molecular weight excluding hydrogens is 1100 g/mol. The fraction of sp³-hybridized carbons (Fsp3) is 0.625. The zero-order valence-corrected chi connectivity index (χ0v) is 49.0. The Labute approximate surface area is 477 Å². The van der Waals surface area contributed by atoms with Crippen molar-refractivity contribution in [2.45, 2.75) is 180 Å². The van der Waals surface area contributed by atoms with Crippen molar-refractivity contribution < 1.29 is 66.8 Å². The molecule has 80 heavy (non-hydrogen) atoms. The summed E-state index contributed by atoms with van der Waals surface area (Å²) in [5, 5.41) is 17.8. The van der Waals surface area contributed by atoms with Crippen LogP contribution >= 0.6 is 15.9 Å². The van der Waals surface area contributed by atoms with Gasteiger partial charge in [0.05, 0.1) is 54.4 Å². The molecule has 444 valence electrons. The van der Waals surface area contributed by atoms with Crippen LogP contribution < -0.4 is 43.1 Å². The Morgan fingerprint density at radius 1 is 0.887 bits per heavy atom. The Kier molecular flexibility index (Phi) is 27.6. The first-order chi connectivity index (χ1) is 37.9. The van der Waals surface area contributed by atoms with Gasteiger partial charge in [0.1, 0.15) is 24.8 Å². The summed E-state index contributed by atoms with van der Waals surface area (Å²) in [5.74, 6) is -2.77. The van der Waals surface area contributed by atoms with Crippen LogP contribution in [-0.4, -0.2) is 145 Å². The van der Waals surface area contributed by atoms with Crippen molar-refractivity contribution in [1.82, 2.24) is 37.0 Å². The van der Waals surface area contributed by atoms with E-state index in [0.717, 1.165) is 17.0 Å². The normalized spacial score (nSPS) is 22.8. The van der Waals surface area contributed by atoms with E-state index in [1.807, 2.05) is 26.0 Å². The summed E-state index contributed by atoms with van der Waals surface area (Å²) in [7, 11) is 1.42. The fourth-order valence-corrected chi connectivity index (χ4v) is 9.39. The number of anilines is 1. The molecule has 3 aliphatic heterocycles. The van der Waals surface area contributed by atoms with E-state index < -0.39 is 60.1 Å². The number of unbranched alkanes of at least 4 members (excludes halogenated alkanes) is 2. The summed E-state index contributed by atoms with van der Waals surface area (Å²) in [6, 6.07) is 3.57. The highest BCUT2D eigenvalue weighted by Crippen LogP contribution is 2.43. The van der Waals surface area contributed by atoms with Crippen LogP contribution in [0.15, 0.2) is 60.2 Å². The lowest BCUT2D eigenvalue weighted by atomic mass is 9.88. The van der Waals surface area contributed by atoms with Gasteiger partial charge in [-0.25, -0.2) is 15.0 Å². The Hall–Kier alpha value is -6.37. The van der Waals surface area contributed by atoms with Crippen LogP contribution in [0.3, 0.4) is 0 Å². The summed E-state index contributed by atoms with van der Waals surface area (Å²) in [4.78, 5) is 113. The molecule has 10 atom stereocenters. The van der Waals surface area contributed by atoms with Crippen molar-refractivity contribution in [3.63, 3.8) is 0 Å². The van der Waals surface area contributed by atoms with Gasteiger partial charge in [-0.2, -0.15) is 0 Å². The van der Waals surface area contributed by atoms with Gasteiger partial charge < -0.3 is 61.3 Å². The number of urea groups is 1. The molecule has 0 aromatic heterocycles. The standard InChI is InChI=1S/C56H84BrN9O14/c1-34(2)51(64-47(68)14-10-9-11-25-59-49(70)31-57)53(73)63-44(13-12-26-60-54(58)74)52(72)61-41-20-18-40(19-21-41)32-76-55(75)65-66(8)50(71)28-43-30-56(33-77-56)29-42(80-43)22-15-35(3)16-23-46-36(4)27-45(38(6)79-46)62-48(69)24-17-37(5)78-39(7)67/h15-22,24,34,36-38,42-46,51H,9-14,23,25-33H2,1-8H3,(H,59,70)(H,61,72)(H,62,69)(H,63,73)(H,64,68)(H,65,75)(H3,58,60,74)/b22-15+,24-17-,35-16+/t36-,37-,38+,42+,43+,44-,45+,46-,51-,56+/m0/s1. The van der Waals surface area contributed by atoms with Gasteiger partial charge in [-0.15, -0.1) is 0 Å². The molecule has 23 nitrogen and oxygen atoms in total. The molecule has 3 saturated heterocycles. The van der Waals surface area contributed by atoms with E-state index in [2.05, 4.69) is 66.3 Å². The van der Waals surface area contributed by atoms with Crippen molar-refractivity contribution in [3.05, 3.63) is 65.8 Å². The zero-order valence-electron chi connectivity index (χ0n) is 47.4. The maximum Gasteiger partial charge on any atom is 0.426 e. The smallest absolute Gasteiger partial charge is 0.426 e. The van der Waals surface area contributed by atoms with Crippen LogP contribution in [0.5, 0.6) is 0 Å². The number of hydrazine groups is 1. The summed E-state index contributed by atoms with van der Waals surface area (Å²) in [5.41, 5.74) is 9.25. The first kappa shape index (κ1) is 66.1. The summed E-state index contributed by atoms with van der Waals surface area (Å²) < 4.78 is 29.0. The molecule has 9 N–H and O–H groups in total. The van der Waals surface area contributed by atoms with Gasteiger partial charge in [-0.05, 0) is 94.9 Å². The van der Waals surface area contributed by atoms with Crippen molar-refractivity contribution >= 4 is 75.2 Å². The number of ether oxygens (including phenoxy) is 5. The molecule has 0 bridgehead atoms. The third-order valence-corrected chi connectivity index (χ3v) is 14.3. The number of hydrogen-bond donors (Lipinski definition) is 8. The Bertz CT molecular complexity index is 2360. The minimum atomic E-state index is -1.05. The molecule has 4 rings (SSSR count). The summed E-state index contributed by atoms with van der Waals surface area (Å²) in [6.45, 7) is 13.7. The predicted octanol–water partition coefficient (Wildman–Crippen LogP) is 4.78. The molecule has 0 unspecified atom stereocenters. The van der Waals surface area contributed by atoms with Gasteiger partial charge in [0.15, 0.2) is 0 Å². The second-order valence-electron chi connectivity index (χ2n) is 21.2. The average Bonchev–Trinajstić information content (AvgIpc) is 4.28. The van der Waals surface area contributed by atoms with E-state index >= 15 is 0 Å². The first-order valence-corrected chi connectivity index (χ1v) is 28.6. The van der Waals surface area contributed by atoms with E-state index in [1.54, 1.807) is 45.0 Å². The molecular formula is C56H84BrN9O14. The van der Waals surface area contributed by atoms with Gasteiger partial charge in [-0.1, -0.05) is 79.1 Å². The fourth-order valence-electron chi connectivity index (χ4n) is 9.19. The largest absolute Gasteiger partial charge is 0.459 e. The van der Waals surface area contributed by atoms with Gasteiger partial charge in [-0.3, -0.25) is 38.6 Å². The van der Waals surface area contributed by atoms with Gasteiger partial charge in [0, 0.05) is 58.1 Å². The quantitative estimate of drug-likeness (QED) is 0.0102. The highest BCUT2D eigenvalue weighted by molar-refractivity contribution is 9.09. The van der Waals surface area contributed by atoms with Crippen molar-refractivity contribution in [2.24, 2.45) is 17.6 Å². The van der Waals surface area contributed by atoms with E-state index in [9.17, 15) is 43.2 Å². The summed E-state index contributed by atoms with van der Waals surface area (Å²) in [6.07, 6.45) is 11.7. The number of esters is 1. The van der Waals surface area contributed by atoms with E-state index in [0.29, 0.717) is 69.3 Å². The van der Waals surface area contributed by atoms with Gasteiger partial charge in [0.2, 0.25) is 35.4 Å². The highest BCUT2D eigenvalue weighted by atomic mass is 79.9. The number of amides is 9. The van der Waals surface area contributed by atoms with Gasteiger partial charge in [0.25, 0.3) is 0 Å². The number of hydrogen-bond acceptors (Lipinski definition) is 14. The number of benzene rings is 1. The van der Waals surface area contributed by atoms with Crippen LogP contribution in [0.2, 0.25) is 0 Å². The van der Waals surface area contributed by atoms with E-state index in [-0.39, 0.29) is 97.3 Å². The number of halogens is 1. The SMILES string of the molecule is CC(=O)O[C@@H](C)/C=C\C(=O)N[C@@H]1C[C@H](C)[C@H](C/C=C(C)/C=C/[C@@H]2C[C@]3(CO3)C[C@@H](CC(=O)N(C)NC(=O)OCc3ccc(NC(=O)[C@H](CCCNC(N)=O)NC(=O)[C@@H](NC(=O)CCCCCNC(=O)CBr)C(C)C)cc3)O2)O[C@@H]1C. The molecule has 9 amide bonds. The van der Waals surface area contributed by atoms with Crippen molar-refractivity contribution in [2.75, 3.05) is 37.4 Å². The number of alkyl halides is 1. The Morgan fingerprint density at radius 3 is 2.26 bits per heavy atom. The summed E-state index contributed by atoms with van der Waals surface area (Å²) >= 11 is 3.09. The Balaban J connectivity index is 1.21. The minimum Gasteiger partial charge on any atom is -0.459 e. The predicted molar refractivity (Wildman–Crippen MR) is 301 cm³/mol. The molecule has 24 heteroatoms. The maximum absolute atomic E-state index is 13.6. The molecule has 3 heterocycles. The number of primary amides is 1.